The Morgan fingerprint density at radius 2 is 2.00 bits per heavy atom. The van der Waals surface area contributed by atoms with Gasteiger partial charge in [-0.2, -0.15) is 0 Å². The summed E-state index contributed by atoms with van der Waals surface area (Å²) in [6, 6.07) is 5.98. The lowest BCUT2D eigenvalue weighted by Crippen LogP contribution is -2.25. The van der Waals surface area contributed by atoms with Gasteiger partial charge in [0, 0.05) is 24.2 Å². The third-order valence-corrected chi connectivity index (χ3v) is 6.33. The van der Waals surface area contributed by atoms with Crippen molar-refractivity contribution in [1.82, 2.24) is 15.1 Å². The number of benzene rings is 1. The first kappa shape index (κ1) is 19.5. The number of aryl methyl sites for hydroxylation is 2. The predicted octanol–water partition coefficient (Wildman–Crippen LogP) is 4.40. The average Bonchev–Trinajstić information content (AvgIpc) is 3.06. The molecule has 0 atom stereocenters. The highest BCUT2D eigenvalue weighted by atomic mass is 32.1. The van der Waals surface area contributed by atoms with Crippen molar-refractivity contribution in [3.8, 4) is 17.0 Å². The predicted molar refractivity (Wildman–Crippen MR) is 116 cm³/mol. The van der Waals surface area contributed by atoms with Crippen molar-refractivity contribution in [2.24, 2.45) is 0 Å². The van der Waals surface area contributed by atoms with Crippen LogP contribution in [-0.2, 0) is 0 Å². The molecule has 7 heteroatoms. The first-order valence-electron chi connectivity index (χ1n) is 9.46. The number of ether oxygens (including phenoxy) is 1. The molecule has 1 aromatic carbocycles. The Morgan fingerprint density at radius 1 is 1.21 bits per heavy atom. The number of hydrogen-bond acceptors (Lipinski definition) is 6. The molecule has 150 valence electrons. The number of methoxy groups -OCH3 is 1. The molecule has 0 aliphatic carbocycles. The Kier molecular flexibility index (Phi) is 5.10. The van der Waals surface area contributed by atoms with Crippen LogP contribution in [0.2, 0.25) is 0 Å². The van der Waals surface area contributed by atoms with Gasteiger partial charge in [-0.3, -0.25) is 0 Å². The van der Waals surface area contributed by atoms with Crippen molar-refractivity contribution < 1.29 is 14.6 Å². The molecule has 0 bridgehead atoms. The van der Waals surface area contributed by atoms with Crippen LogP contribution in [0.5, 0.6) is 5.75 Å². The van der Waals surface area contributed by atoms with Crippen LogP contribution in [0, 0.1) is 13.8 Å². The van der Waals surface area contributed by atoms with Gasteiger partial charge in [0.05, 0.1) is 17.5 Å². The Bertz CT molecular complexity index is 1150. The molecule has 6 nitrogen and oxygen atoms in total. The van der Waals surface area contributed by atoms with Crippen molar-refractivity contribution in [2.45, 2.75) is 20.3 Å². The minimum Gasteiger partial charge on any atom is -0.496 e. The fourth-order valence-electron chi connectivity index (χ4n) is 3.96. The topological polar surface area (TPSA) is 75.6 Å². The summed E-state index contributed by atoms with van der Waals surface area (Å²) in [5.41, 5.74) is 6.09. The molecule has 2 aromatic heterocycles. The maximum absolute atomic E-state index is 12.0. The van der Waals surface area contributed by atoms with Crippen LogP contribution in [0.1, 0.15) is 32.8 Å². The van der Waals surface area contributed by atoms with E-state index >= 15 is 0 Å². The molecule has 0 radical (unpaired) electrons. The van der Waals surface area contributed by atoms with E-state index in [1.54, 1.807) is 7.11 Å². The number of hydrogen-bond donors (Lipinski definition) is 1. The highest BCUT2D eigenvalue weighted by molar-refractivity contribution is 7.21. The third-order valence-electron chi connectivity index (χ3n) is 5.21. The molecule has 0 fully saturated rings. The maximum Gasteiger partial charge on any atom is 0.346 e. The highest BCUT2D eigenvalue weighted by Gasteiger charge is 2.25. The molecule has 1 aliphatic rings. The first-order valence-corrected chi connectivity index (χ1v) is 10.3. The number of rotatable bonds is 4. The van der Waals surface area contributed by atoms with E-state index in [9.17, 15) is 9.90 Å². The molecule has 4 rings (SSSR count). The minimum atomic E-state index is -0.928. The molecule has 29 heavy (non-hydrogen) atoms. The summed E-state index contributed by atoms with van der Waals surface area (Å²) < 4.78 is 6.39. The highest BCUT2D eigenvalue weighted by Crippen LogP contribution is 2.39. The summed E-state index contributed by atoms with van der Waals surface area (Å²) in [6.07, 6.45) is 3.02. The van der Waals surface area contributed by atoms with Gasteiger partial charge in [0.1, 0.15) is 16.1 Å². The molecule has 0 amide bonds. The fourth-order valence-corrected chi connectivity index (χ4v) is 5.00. The van der Waals surface area contributed by atoms with Crippen molar-refractivity contribution in [2.75, 3.05) is 27.2 Å². The smallest absolute Gasteiger partial charge is 0.346 e. The first-order chi connectivity index (χ1) is 13.9. The van der Waals surface area contributed by atoms with E-state index in [0.717, 1.165) is 45.7 Å². The van der Waals surface area contributed by atoms with Crippen LogP contribution in [0.4, 0.5) is 0 Å². The van der Waals surface area contributed by atoms with Gasteiger partial charge in [-0.15, -0.1) is 21.5 Å². The molecule has 3 heterocycles. The number of carboxylic acid groups (broad SMARTS) is 1. The molecule has 0 unspecified atom stereocenters. The molecule has 1 aliphatic heterocycles. The lowest BCUT2D eigenvalue weighted by atomic mass is 9.99. The zero-order valence-corrected chi connectivity index (χ0v) is 17.8. The van der Waals surface area contributed by atoms with Crippen molar-refractivity contribution in [3.63, 3.8) is 0 Å². The molecular weight excluding hydrogens is 386 g/mol. The fraction of sp³-hybridized carbons (Fsp3) is 0.318. The second-order valence-electron chi connectivity index (χ2n) is 7.47. The Morgan fingerprint density at radius 3 is 2.69 bits per heavy atom. The van der Waals surface area contributed by atoms with Gasteiger partial charge in [-0.25, -0.2) is 4.79 Å². The van der Waals surface area contributed by atoms with Gasteiger partial charge in [-0.1, -0.05) is 12.1 Å². The quantitative estimate of drug-likeness (QED) is 0.688. The normalized spacial score (nSPS) is 14.8. The second-order valence-corrected chi connectivity index (χ2v) is 8.52. The van der Waals surface area contributed by atoms with Crippen molar-refractivity contribution >= 4 is 33.1 Å². The maximum atomic E-state index is 12.0. The van der Waals surface area contributed by atoms with E-state index in [1.165, 1.54) is 11.3 Å². The molecular formula is C22H23N3O3S. The largest absolute Gasteiger partial charge is 0.496 e. The molecule has 1 N–H and O–H groups in total. The number of likely N-dealkylation sites (N-methyl/N-ethyl adjacent to an activating group) is 1. The average molecular weight is 410 g/mol. The number of thiophene rings is 1. The van der Waals surface area contributed by atoms with E-state index in [1.807, 2.05) is 33.0 Å². The standard InChI is InChI=1S/C22H23N3O3S/c1-12-8-13(2)18(16(9-12)28-4)15-10-17-20(24-23-15)19(21(29-17)22(26)27)14-6-5-7-25(3)11-14/h6,8-10H,5,7,11H2,1-4H3,(H,26,27). The summed E-state index contributed by atoms with van der Waals surface area (Å²) in [7, 11) is 3.68. The Labute approximate surface area is 173 Å². The third kappa shape index (κ3) is 3.52. The lowest BCUT2D eigenvalue weighted by Gasteiger charge is -2.23. The summed E-state index contributed by atoms with van der Waals surface area (Å²) in [5, 5.41) is 18.8. The van der Waals surface area contributed by atoms with Gasteiger partial charge in [0.15, 0.2) is 0 Å². The molecule has 0 spiro atoms. The number of aromatic carboxylic acids is 1. The summed E-state index contributed by atoms with van der Waals surface area (Å²) >= 11 is 1.26. The summed E-state index contributed by atoms with van der Waals surface area (Å²) in [5.74, 6) is -0.189. The summed E-state index contributed by atoms with van der Waals surface area (Å²) in [4.78, 5) is 14.5. The number of aromatic nitrogens is 2. The number of carboxylic acids is 1. The monoisotopic (exact) mass is 409 g/mol. The molecule has 0 saturated heterocycles. The number of carbonyl (C=O) groups is 1. The summed E-state index contributed by atoms with van der Waals surface area (Å²) in [6.45, 7) is 5.71. The molecule has 0 saturated carbocycles. The van der Waals surface area contributed by atoms with Gasteiger partial charge in [0.25, 0.3) is 0 Å². The Hall–Kier alpha value is -2.77. The van der Waals surface area contributed by atoms with Crippen LogP contribution in [0.25, 0.3) is 27.0 Å². The van der Waals surface area contributed by atoms with E-state index in [-0.39, 0.29) is 0 Å². The van der Waals surface area contributed by atoms with Gasteiger partial charge >= 0.3 is 5.97 Å². The SMILES string of the molecule is COc1cc(C)cc(C)c1-c1cc2sc(C(=O)O)c(C3=CCCN(C)C3)c2nn1. The van der Waals surface area contributed by atoms with Crippen LogP contribution in [0.15, 0.2) is 24.3 Å². The van der Waals surface area contributed by atoms with Crippen LogP contribution >= 0.6 is 11.3 Å². The van der Waals surface area contributed by atoms with Crippen LogP contribution in [0.3, 0.4) is 0 Å². The van der Waals surface area contributed by atoms with Crippen molar-refractivity contribution in [1.29, 1.82) is 0 Å². The van der Waals surface area contributed by atoms with E-state index in [2.05, 4.69) is 27.2 Å². The van der Waals surface area contributed by atoms with Gasteiger partial charge < -0.3 is 14.7 Å². The van der Waals surface area contributed by atoms with Gasteiger partial charge in [-0.05, 0) is 56.1 Å². The Balaban J connectivity index is 1.91. The zero-order chi connectivity index (χ0) is 20.7. The number of fused-ring (bicyclic) bond motifs is 1. The van der Waals surface area contributed by atoms with Gasteiger partial charge in [0.2, 0.25) is 0 Å². The van der Waals surface area contributed by atoms with Crippen LogP contribution in [-0.4, -0.2) is 53.4 Å². The van der Waals surface area contributed by atoms with Crippen LogP contribution < -0.4 is 4.74 Å². The molecule has 3 aromatic rings. The van der Waals surface area contributed by atoms with E-state index in [4.69, 9.17) is 4.74 Å². The second kappa shape index (κ2) is 7.57. The van der Waals surface area contributed by atoms with E-state index in [0.29, 0.717) is 28.2 Å². The lowest BCUT2D eigenvalue weighted by molar-refractivity contribution is 0.0702. The zero-order valence-electron chi connectivity index (χ0n) is 16.9. The van der Waals surface area contributed by atoms with E-state index < -0.39 is 5.97 Å². The number of nitrogens with zero attached hydrogens (tertiary/aromatic N) is 3. The van der Waals surface area contributed by atoms with Crippen molar-refractivity contribution in [3.05, 3.63) is 45.8 Å². The minimum absolute atomic E-state index is 0.320.